The summed E-state index contributed by atoms with van der Waals surface area (Å²) in [4.78, 5) is 20.1. The lowest BCUT2D eigenvalue weighted by Crippen LogP contribution is -2.25. The number of nitrogens with one attached hydrogen (secondary N) is 1. The van der Waals surface area contributed by atoms with Gasteiger partial charge in [-0.2, -0.15) is 0 Å². The smallest absolute Gasteiger partial charge is 0.273 e. The fourth-order valence-corrected chi connectivity index (χ4v) is 2.72. The van der Waals surface area contributed by atoms with Gasteiger partial charge < -0.3 is 9.73 Å². The molecule has 0 bridgehead atoms. The largest absolute Gasteiger partial charge is 0.443 e. The lowest BCUT2D eigenvalue weighted by Gasteiger charge is -2.06. The maximum absolute atomic E-state index is 13.1. The third-order valence-corrected chi connectivity index (χ3v) is 4.39. The molecule has 2 aromatic heterocycles. The third-order valence-electron chi connectivity index (χ3n) is 3.65. The van der Waals surface area contributed by atoms with Gasteiger partial charge in [-0.1, -0.05) is 23.2 Å². The molecule has 0 radical (unpaired) electrons. The zero-order chi connectivity index (χ0) is 18.5. The van der Waals surface area contributed by atoms with Crippen molar-refractivity contribution >= 4 is 29.1 Å². The SMILES string of the molecule is O=C(NCCCc1cncc(F)c1)c1ncoc1-c1ccc(Cl)c(Cl)c1. The predicted molar refractivity (Wildman–Crippen MR) is 96.8 cm³/mol. The lowest BCUT2D eigenvalue weighted by atomic mass is 10.1. The Morgan fingerprint density at radius 1 is 1.19 bits per heavy atom. The van der Waals surface area contributed by atoms with Gasteiger partial charge in [-0.3, -0.25) is 9.78 Å². The summed E-state index contributed by atoms with van der Waals surface area (Å²) in [6, 6.07) is 6.35. The number of amides is 1. The van der Waals surface area contributed by atoms with Gasteiger partial charge in [-0.05, 0) is 42.7 Å². The molecule has 0 saturated carbocycles. The molecule has 1 N–H and O–H groups in total. The van der Waals surface area contributed by atoms with Gasteiger partial charge in [0.1, 0.15) is 5.82 Å². The van der Waals surface area contributed by atoms with E-state index in [2.05, 4.69) is 15.3 Å². The van der Waals surface area contributed by atoms with Crippen LogP contribution in [0.5, 0.6) is 0 Å². The molecule has 2 heterocycles. The molecule has 0 fully saturated rings. The molecule has 0 saturated heterocycles. The van der Waals surface area contributed by atoms with E-state index in [1.165, 1.54) is 12.5 Å². The average Bonchev–Trinajstić information content (AvgIpc) is 3.11. The summed E-state index contributed by atoms with van der Waals surface area (Å²) in [5.74, 6) is -0.423. The number of nitrogens with zero attached hydrogens (tertiary/aromatic N) is 2. The molecule has 26 heavy (non-hydrogen) atoms. The highest BCUT2D eigenvalue weighted by atomic mass is 35.5. The molecule has 3 aromatic rings. The molecule has 1 aromatic carbocycles. The van der Waals surface area contributed by atoms with Gasteiger partial charge >= 0.3 is 0 Å². The van der Waals surface area contributed by atoms with Gasteiger partial charge in [-0.15, -0.1) is 0 Å². The molecular weight excluding hydrogens is 380 g/mol. The minimum absolute atomic E-state index is 0.163. The van der Waals surface area contributed by atoms with Crippen molar-refractivity contribution in [2.45, 2.75) is 12.8 Å². The molecule has 134 valence electrons. The molecule has 0 atom stereocenters. The summed E-state index contributed by atoms with van der Waals surface area (Å²) >= 11 is 11.9. The standard InChI is InChI=1S/C18H14Cl2FN3O2/c19-14-4-3-12(7-15(14)20)17-16(24-10-26-17)18(25)23-5-1-2-11-6-13(21)9-22-8-11/h3-4,6-10H,1-2,5H2,(H,23,25). The van der Waals surface area contributed by atoms with Crippen LogP contribution in [0, 0.1) is 5.82 Å². The Hall–Kier alpha value is -2.44. The highest BCUT2D eigenvalue weighted by Crippen LogP contribution is 2.30. The van der Waals surface area contributed by atoms with E-state index >= 15 is 0 Å². The van der Waals surface area contributed by atoms with Crippen molar-refractivity contribution in [1.29, 1.82) is 0 Å². The maximum atomic E-state index is 13.1. The van der Waals surface area contributed by atoms with E-state index in [0.717, 1.165) is 11.8 Å². The van der Waals surface area contributed by atoms with E-state index in [4.69, 9.17) is 27.6 Å². The fraction of sp³-hybridized carbons (Fsp3) is 0.167. The zero-order valence-corrected chi connectivity index (χ0v) is 15.0. The number of rotatable bonds is 6. The van der Waals surface area contributed by atoms with Crippen LogP contribution in [0.4, 0.5) is 4.39 Å². The van der Waals surface area contributed by atoms with Crippen LogP contribution in [0.25, 0.3) is 11.3 Å². The van der Waals surface area contributed by atoms with Crippen LogP contribution in [0.15, 0.2) is 47.5 Å². The van der Waals surface area contributed by atoms with Gasteiger partial charge in [-0.25, -0.2) is 9.37 Å². The molecule has 0 aliphatic heterocycles. The number of aromatic nitrogens is 2. The number of carbonyl (C=O) groups is 1. The number of hydrogen-bond donors (Lipinski definition) is 1. The first-order valence-corrected chi connectivity index (χ1v) is 8.56. The molecule has 0 aliphatic carbocycles. The Morgan fingerprint density at radius 3 is 2.81 bits per heavy atom. The van der Waals surface area contributed by atoms with E-state index in [-0.39, 0.29) is 17.4 Å². The number of aryl methyl sites for hydroxylation is 1. The normalized spacial score (nSPS) is 10.7. The van der Waals surface area contributed by atoms with Gasteiger partial charge in [0, 0.05) is 18.3 Å². The van der Waals surface area contributed by atoms with E-state index in [9.17, 15) is 9.18 Å². The summed E-state index contributed by atoms with van der Waals surface area (Å²) in [7, 11) is 0. The molecule has 3 rings (SSSR count). The molecular formula is C18H14Cl2FN3O2. The second-order valence-corrected chi connectivity index (χ2v) is 6.34. The van der Waals surface area contributed by atoms with Gasteiger partial charge in [0.05, 0.1) is 16.2 Å². The first kappa shape index (κ1) is 18.4. The fourth-order valence-electron chi connectivity index (χ4n) is 2.42. The summed E-state index contributed by atoms with van der Waals surface area (Å²) in [6.07, 6.45) is 5.19. The zero-order valence-electron chi connectivity index (χ0n) is 13.5. The predicted octanol–water partition coefficient (Wildman–Crippen LogP) is 4.55. The minimum atomic E-state index is -0.375. The van der Waals surface area contributed by atoms with E-state index < -0.39 is 0 Å². The van der Waals surface area contributed by atoms with Crippen molar-refractivity contribution in [3.8, 4) is 11.3 Å². The van der Waals surface area contributed by atoms with Crippen molar-refractivity contribution in [3.05, 3.63) is 70.2 Å². The van der Waals surface area contributed by atoms with Crippen LogP contribution in [0.3, 0.4) is 0 Å². The Balaban J connectivity index is 1.60. The number of hydrogen-bond acceptors (Lipinski definition) is 4. The van der Waals surface area contributed by atoms with Crippen LogP contribution in [-0.4, -0.2) is 22.4 Å². The number of benzene rings is 1. The van der Waals surface area contributed by atoms with Crippen molar-refractivity contribution in [2.24, 2.45) is 0 Å². The Bertz CT molecular complexity index is 930. The van der Waals surface area contributed by atoms with Gasteiger partial charge in [0.15, 0.2) is 17.8 Å². The molecule has 0 unspecified atom stereocenters. The highest BCUT2D eigenvalue weighted by molar-refractivity contribution is 6.42. The maximum Gasteiger partial charge on any atom is 0.273 e. The van der Waals surface area contributed by atoms with Crippen LogP contribution in [-0.2, 0) is 6.42 Å². The third kappa shape index (κ3) is 4.39. The highest BCUT2D eigenvalue weighted by Gasteiger charge is 2.18. The first-order chi connectivity index (χ1) is 12.5. The van der Waals surface area contributed by atoms with E-state index in [0.29, 0.717) is 40.8 Å². The van der Waals surface area contributed by atoms with E-state index in [1.54, 1.807) is 24.4 Å². The van der Waals surface area contributed by atoms with Gasteiger partial charge in [0.2, 0.25) is 0 Å². The van der Waals surface area contributed by atoms with Crippen molar-refractivity contribution in [1.82, 2.24) is 15.3 Å². The number of halogens is 3. The summed E-state index contributed by atoms with van der Waals surface area (Å²) in [5, 5.41) is 3.54. The first-order valence-electron chi connectivity index (χ1n) is 7.81. The number of oxazole rings is 1. The number of pyridine rings is 1. The Morgan fingerprint density at radius 2 is 2.04 bits per heavy atom. The second-order valence-electron chi connectivity index (χ2n) is 5.53. The molecule has 0 spiro atoms. The molecule has 1 amide bonds. The lowest BCUT2D eigenvalue weighted by molar-refractivity contribution is 0.0949. The quantitative estimate of drug-likeness (QED) is 0.623. The van der Waals surface area contributed by atoms with E-state index in [1.807, 2.05) is 0 Å². The summed E-state index contributed by atoms with van der Waals surface area (Å²) in [5.41, 5.74) is 1.54. The monoisotopic (exact) mass is 393 g/mol. The number of carbonyl (C=O) groups excluding carboxylic acids is 1. The molecule has 8 heteroatoms. The molecule has 5 nitrogen and oxygen atoms in total. The second kappa shape index (κ2) is 8.29. The van der Waals surface area contributed by atoms with Crippen LogP contribution < -0.4 is 5.32 Å². The van der Waals surface area contributed by atoms with Crippen molar-refractivity contribution < 1.29 is 13.6 Å². The summed E-state index contributed by atoms with van der Waals surface area (Å²) < 4.78 is 18.4. The topological polar surface area (TPSA) is 68.0 Å². The van der Waals surface area contributed by atoms with Crippen LogP contribution >= 0.6 is 23.2 Å². The van der Waals surface area contributed by atoms with Crippen molar-refractivity contribution in [2.75, 3.05) is 6.54 Å². The van der Waals surface area contributed by atoms with Crippen LogP contribution in [0.2, 0.25) is 10.0 Å². The average molecular weight is 394 g/mol. The minimum Gasteiger partial charge on any atom is -0.443 e. The van der Waals surface area contributed by atoms with Crippen molar-refractivity contribution in [3.63, 3.8) is 0 Å². The Labute approximate surface area is 159 Å². The molecule has 0 aliphatic rings. The summed E-state index contributed by atoms with van der Waals surface area (Å²) in [6.45, 7) is 0.406. The van der Waals surface area contributed by atoms with Gasteiger partial charge in [0.25, 0.3) is 5.91 Å². The Kier molecular flexibility index (Phi) is 5.85. The van der Waals surface area contributed by atoms with Crippen LogP contribution in [0.1, 0.15) is 22.5 Å².